The Hall–Kier alpha value is -0.970. The minimum atomic E-state index is -0.0649. The summed E-state index contributed by atoms with van der Waals surface area (Å²) in [5.74, 6) is 0.216. The second-order valence-corrected chi connectivity index (χ2v) is 5.44. The van der Waals surface area contributed by atoms with E-state index in [9.17, 15) is 4.79 Å². The summed E-state index contributed by atoms with van der Waals surface area (Å²) in [5, 5.41) is 4.96. The monoisotopic (exact) mass is 300 g/mol. The van der Waals surface area contributed by atoms with E-state index in [0.717, 1.165) is 4.90 Å². The van der Waals surface area contributed by atoms with E-state index >= 15 is 0 Å². The van der Waals surface area contributed by atoms with Crippen molar-refractivity contribution >= 4 is 40.7 Å². The predicted molar refractivity (Wildman–Crippen MR) is 74.7 cm³/mol. The van der Waals surface area contributed by atoms with Crippen LogP contribution in [0, 0.1) is 0 Å². The normalized spacial score (nSPS) is 10.6. The van der Waals surface area contributed by atoms with Crippen LogP contribution >= 0.6 is 35.0 Å². The third-order valence-corrected chi connectivity index (χ3v) is 4.15. The number of halogens is 2. The number of nitrogens with zero attached hydrogens (tertiary/aromatic N) is 2. The third-order valence-electron chi connectivity index (χ3n) is 2.35. The number of hydrogen-bond donors (Lipinski definition) is 0. The van der Waals surface area contributed by atoms with Crippen LogP contribution in [0.25, 0.3) is 0 Å². The summed E-state index contributed by atoms with van der Waals surface area (Å²) in [4.78, 5) is 12.9. The standard InChI is InChI=1S/C12H10Cl2N2OS/c1-16-12(9(14)6-15-16)10(17)7-18-11-5-3-2-4-8(11)13/h2-6H,7H2,1H3. The minimum Gasteiger partial charge on any atom is -0.291 e. The maximum atomic E-state index is 12.0. The van der Waals surface area contributed by atoms with E-state index in [1.54, 1.807) is 13.1 Å². The van der Waals surface area contributed by atoms with Gasteiger partial charge in [0.2, 0.25) is 0 Å². The van der Waals surface area contributed by atoms with Crippen molar-refractivity contribution in [2.24, 2.45) is 7.05 Å². The van der Waals surface area contributed by atoms with Crippen LogP contribution in [0.2, 0.25) is 10.0 Å². The molecule has 0 spiro atoms. The highest BCUT2D eigenvalue weighted by molar-refractivity contribution is 8.00. The Morgan fingerprint density at radius 2 is 2.06 bits per heavy atom. The molecule has 6 heteroatoms. The molecule has 1 heterocycles. The number of benzene rings is 1. The summed E-state index contributed by atoms with van der Waals surface area (Å²) >= 11 is 13.3. The van der Waals surface area contributed by atoms with Crippen LogP contribution in [0.5, 0.6) is 0 Å². The maximum absolute atomic E-state index is 12.0. The van der Waals surface area contributed by atoms with Crippen molar-refractivity contribution in [1.29, 1.82) is 0 Å². The fourth-order valence-corrected chi connectivity index (χ4v) is 2.87. The number of rotatable bonds is 4. The van der Waals surface area contributed by atoms with Crippen LogP contribution in [-0.2, 0) is 7.05 Å². The van der Waals surface area contributed by atoms with Crippen molar-refractivity contribution in [3.63, 3.8) is 0 Å². The molecule has 1 aromatic heterocycles. The van der Waals surface area contributed by atoms with Crippen LogP contribution < -0.4 is 0 Å². The molecule has 0 aliphatic heterocycles. The van der Waals surface area contributed by atoms with Crippen LogP contribution in [0.4, 0.5) is 0 Å². The molecule has 3 nitrogen and oxygen atoms in total. The molecule has 0 fully saturated rings. The summed E-state index contributed by atoms with van der Waals surface area (Å²) in [7, 11) is 1.69. The van der Waals surface area contributed by atoms with E-state index < -0.39 is 0 Å². The molecule has 18 heavy (non-hydrogen) atoms. The molecule has 2 aromatic rings. The van der Waals surface area contributed by atoms with Gasteiger partial charge in [-0.15, -0.1) is 11.8 Å². The van der Waals surface area contributed by atoms with Crippen molar-refractivity contribution < 1.29 is 4.79 Å². The largest absolute Gasteiger partial charge is 0.291 e. The summed E-state index contributed by atoms with van der Waals surface area (Å²) in [6.07, 6.45) is 1.47. The number of ketones is 1. The molecule has 0 aliphatic rings. The lowest BCUT2D eigenvalue weighted by Crippen LogP contribution is -2.09. The zero-order chi connectivity index (χ0) is 13.1. The van der Waals surface area contributed by atoms with Crippen molar-refractivity contribution in [1.82, 2.24) is 9.78 Å². The average Bonchev–Trinajstić information content (AvgIpc) is 2.68. The lowest BCUT2D eigenvalue weighted by atomic mass is 10.3. The van der Waals surface area contributed by atoms with E-state index in [4.69, 9.17) is 23.2 Å². The van der Waals surface area contributed by atoms with Crippen LogP contribution in [0.3, 0.4) is 0 Å². The molecule has 0 saturated carbocycles. The van der Waals surface area contributed by atoms with Gasteiger partial charge in [0.25, 0.3) is 0 Å². The number of aryl methyl sites for hydroxylation is 1. The van der Waals surface area contributed by atoms with Gasteiger partial charge in [-0.3, -0.25) is 9.48 Å². The lowest BCUT2D eigenvalue weighted by molar-refractivity contribution is 0.101. The zero-order valence-electron chi connectivity index (χ0n) is 9.56. The topological polar surface area (TPSA) is 34.9 Å². The molecular formula is C12H10Cl2N2OS. The van der Waals surface area contributed by atoms with E-state index in [1.807, 2.05) is 18.2 Å². The molecular weight excluding hydrogens is 291 g/mol. The first-order chi connectivity index (χ1) is 8.59. The van der Waals surface area contributed by atoms with Crippen LogP contribution in [0.15, 0.2) is 35.4 Å². The summed E-state index contributed by atoms with van der Waals surface area (Å²) in [6, 6.07) is 7.42. The molecule has 0 amide bonds. The van der Waals surface area contributed by atoms with Gasteiger partial charge in [-0.1, -0.05) is 35.3 Å². The first kappa shape index (κ1) is 13.5. The molecule has 2 rings (SSSR count). The lowest BCUT2D eigenvalue weighted by Gasteiger charge is -2.04. The Morgan fingerprint density at radius 1 is 1.33 bits per heavy atom. The molecule has 0 unspecified atom stereocenters. The predicted octanol–water partition coefficient (Wildman–Crippen LogP) is 3.70. The number of Topliss-reactive ketones (excluding diaryl/α,β-unsaturated/α-hetero) is 1. The Bertz CT molecular complexity index is 564. The molecule has 0 radical (unpaired) electrons. The highest BCUT2D eigenvalue weighted by atomic mass is 35.5. The number of carbonyl (C=O) groups is 1. The Labute approximate surface area is 119 Å². The van der Waals surface area contributed by atoms with Crippen LogP contribution in [0.1, 0.15) is 10.5 Å². The number of hydrogen-bond acceptors (Lipinski definition) is 3. The van der Waals surface area contributed by atoms with Crippen molar-refractivity contribution in [3.8, 4) is 0 Å². The van der Waals surface area contributed by atoms with Crippen molar-refractivity contribution in [2.75, 3.05) is 5.75 Å². The summed E-state index contributed by atoms with van der Waals surface area (Å²) in [6.45, 7) is 0. The average molecular weight is 301 g/mol. The van der Waals surface area contributed by atoms with Gasteiger partial charge in [0.1, 0.15) is 5.69 Å². The van der Waals surface area contributed by atoms with Gasteiger partial charge in [-0.25, -0.2) is 0 Å². The number of carbonyl (C=O) groups excluding carboxylic acids is 1. The van der Waals surface area contributed by atoms with E-state index in [0.29, 0.717) is 15.7 Å². The van der Waals surface area contributed by atoms with Crippen LogP contribution in [-0.4, -0.2) is 21.3 Å². The van der Waals surface area contributed by atoms with Gasteiger partial charge in [0.15, 0.2) is 5.78 Å². The Kier molecular flexibility index (Phi) is 4.32. The van der Waals surface area contributed by atoms with E-state index in [2.05, 4.69) is 5.10 Å². The van der Waals surface area contributed by atoms with E-state index in [1.165, 1.54) is 22.6 Å². The van der Waals surface area contributed by atoms with Crippen molar-refractivity contribution in [2.45, 2.75) is 4.90 Å². The van der Waals surface area contributed by atoms with Gasteiger partial charge >= 0.3 is 0 Å². The summed E-state index contributed by atoms with van der Waals surface area (Å²) < 4.78 is 1.48. The zero-order valence-corrected chi connectivity index (χ0v) is 11.9. The Morgan fingerprint density at radius 3 is 2.67 bits per heavy atom. The Balaban J connectivity index is 2.08. The molecule has 0 N–H and O–H groups in total. The van der Waals surface area contributed by atoms with Gasteiger partial charge in [-0.2, -0.15) is 5.10 Å². The van der Waals surface area contributed by atoms with Gasteiger partial charge in [0, 0.05) is 11.9 Å². The molecule has 94 valence electrons. The molecule has 0 atom stereocenters. The third kappa shape index (κ3) is 2.88. The first-order valence-electron chi connectivity index (χ1n) is 5.17. The SMILES string of the molecule is Cn1ncc(Cl)c1C(=O)CSc1ccccc1Cl. The van der Waals surface area contributed by atoms with Gasteiger partial charge in [0.05, 0.1) is 22.0 Å². The molecule has 0 aliphatic carbocycles. The number of thioether (sulfide) groups is 1. The smallest absolute Gasteiger partial charge is 0.192 e. The van der Waals surface area contributed by atoms with E-state index in [-0.39, 0.29) is 11.5 Å². The summed E-state index contributed by atoms with van der Waals surface area (Å²) in [5.41, 5.74) is 0.427. The second-order valence-electron chi connectivity index (χ2n) is 3.61. The fraction of sp³-hybridized carbons (Fsp3) is 0.167. The molecule has 1 aromatic carbocycles. The van der Waals surface area contributed by atoms with Crippen molar-refractivity contribution in [3.05, 3.63) is 46.2 Å². The van der Waals surface area contributed by atoms with Gasteiger partial charge < -0.3 is 0 Å². The fourth-order valence-electron chi connectivity index (χ4n) is 1.50. The quantitative estimate of drug-likeness (QED) is 0.638. The highest BCUT2D eigenvalue weighted by Crippen LogP contribution is 2.27. The highest BCUT2D eigenvalue weighted by Gasteiger charge is 2.16. The van der Waals surface area contributed by atoms with Gasteiger partial charge in [-0.05, 0) is 12.1 Å². The maximum Gasteiger partial charge on any atom is 0.192 e. The molecule has 0 saturated heterocycles. The minimum absolute atomic E-state index is 0.0649. The second kappa shape index (κ2) is 5.78. The molecule has 0 bridgehead atoms. The first-order valence-corrected chi connectivity index (χ1v) is 6.92. The number of aromatic nitrogens is 2.